The number of hydrogen-bond acceptors (Lipinski definition) is 4. The van der Waals surface area contributed by atoms with Gasteiger partial charge in [0.1, 0.15) is 6.17 Å². The molecule has 1 aromatic rings. The summed E-state index contributed by atoms with van der Waals surface area (Å²) in [6.07, 6.45) is 4.97. The fourth-order valence-corrected chi connectivity index (χ4v) is 3.46. The summed E-state index contributed by atoms with van der Waals surface area (Å²) < 4.78 is 10.7. The first-order valence-corrected chi connectivity index (χ1v) is 7.47. The predicted molar refractivity (Wildman–Crippen MR) is 82.0 cm³/mol. The molecule has 0 saturated carbocycles. The highest BCUT2D eigenvalue weighted by molar-refractivity contribution is 6.09. The second-order valence-corrected chi connectivity index (χ2v) is 5.60. The minimum atomic E-state index is -0.494. The maximum absolute atomic E-state index is 13.0. The van der Waals surface area contributed by atoms with Gasteiger partial charge in [0.05, 0.1) is 31.1 Å². The van der Waals surface area contributed by atoms with Gasteiger partial charge in [0.2, 0.25) is 0 Å². The highest BCUT2D eigenvalue weighted by Crippen LogP contribution is 2.46. The van der Waals surface area contributed by atoms with Gasteiger partial charge in [-0.3, -0.25) is 14.5 Å². The van der Waals surface area contributed by atoms with Crippen molar-refractivity contribution < 1.29 is 19.1 Å². The highest BCUT2D eigenvalue weighted by atomic mass is 16.5. The summed E-state index contributed by atoms with van der Waals surface area (Å²) in [5, 5.41) is 2.91. The average molecular weight is 312 g/mol. The van der Waals surface area contributed by atoms with E-state index in [1.807, 2.05) is 12.2 Å². The molecule has 2 aliphatic heterocycles. The third kappa shape index (κ3) is 1.75. The van der Waals surface area contributed by atoms with Crippen molar-refractivity contribution >= 4 is 11.8 Å². The third-order valence-corrected chi connectivity index (χ3v) is 4.46. The Morgan fingerprint density at radius 3 is 2.65 bits per heavy atom. The number of carbonyl (C=O) groups is 2. The monoisotopic (exact) mass is 312 g/mol. The molecule has 0 bridgehead atoms. The second kappa shape index (κ2) is 4.87. The topological polar surface area (TPSA) is 67.9 Å². The van der Waals surface area contributed by atoms with Crippen molar-refractivity contribution in [1.29, 1.82) is 0 Å². The SMILES string of the molecule is COc1ccc2c(c1OC)C(=O)N1C3=CCCC=C3C(=O)NC21. The molecule has 6 heteroatoms. The molecule has 0 radical (unpaired) electrons. The number of nitrogens with one attached hydrogen (secondary N) is 1. The summed E-state index contributed by atoms with van der Waals surface area (Å²) in [5.74, 6) is 0.576. The Bertz CT molecular complexity index is 794. The molecular formula is C17H16N2O4. The minimum Gasteiger partial charge on any atom is -0.493 e. The molecule has 1 saturated heterocycles. The predicted octanol–water partition coefficient (Wildman–Crippen LogP) is 1.89. The first-order chi connectivity index (χ1) is 11.2. The number of rotatable bonds is 2. The number of hydrogen-bond donors (Lipinski definition) is 1. The zero-order valence-electron chi connectivity index (χ0n) is 12.9. The van der Waals surface area contributed by atoms with E-state index in [1.54, 1.807) is 17.0 Å². The Morgan fingerprint density at radius 1 is 1.13 bits per heavy atom. The summed E-state index contributed by atoms with van der Waals surface area (Å²) in [7, 11) is 3.04. The highest BCUT2D eigenvalue weighted by Gasteiger charge is 2.47. The number of benzene rings is 1. The van der Waals surface area contributed by atoms with E-state index < -0.39 is 6.17 Å². The number of ether oxygens (including phenoxy) is 2. The molecule has 0 spiro atoms. The van der Waals surface area contributed by atoms with Crippen LogP contribution in [0.4, 0.5) is 0 Å². The number of methoxy groups -OCH3 is 2. The minimum absolute atomic E-state index is 0.146. The number of nitrogens with zero attached hydrogens (tertiary/aromatic N) is 1. The second-order valence-electron chi connectivity index (χ2n) is 5.60. The normalized spacial score (nSPS) is 21.7. The molecule has 6 nitrogen and oxygen atoms in total. The van der Waals surface area contributed by atoms with Gasteiger partial charge in [-0.05, 0) is 18.9 Å². The van der Waals surface area contributed by atoms with E-state index in [-0.39, 0.29) is 11.8 Å². The van der Waals surface area contributed by atoms with Gasteiger partial charge in [-0.15, -0.1) is 0 Å². The largest absolute Gasteiger partial charge is 0.493 e. The summed E-state index contributed by atoms with van der Waals surface area (Å²) in [6.45, 7) is 0. The van der Waals surface area contributed by atoms with E-state index in [2.05, 4.69) is 5.32 Å². The van der Waals surface area contributed by atoms with Crippen molar-refractivity contribution in [1.82, 2.24) is 10.2 Å². The van der Waals surface area contributed by atoms with Crippen molar-refractivity contribution in [2.24, 2.45) is 0 Å². The fourth-order valence-electron chi connectivity index (χ4n) is 3.46. The van der Waals surface area contributed by atoms with E-state index in [0.717, 1.165) is 18.4 Å². The van der Waals surface area contributed by atoms with E-state index in [9.17, 15) is 9.59 Å². The Kier molecular flexibility index (Phi) is 2.94. The Balaban J connectivity index is 1.90. The summed E-state index contributed by atoms with van der Waals surface area (Å²) in [5.41, 5.74) is 2.43. The summed E-state index contributed by atoms with van der Waals surface area (Å²) >= 11 is 0. The standard InChI is InChI=1S/C17H16N2O4/c1-22-12-8-7-10-13(14(12)23-2)17(21)19-11-6-4-3-5-9(11)16(20)18-15(10)19/h5-8,15H,3-4H2,1-2H3,(H,18,20). The van der Waals surface area contributed by atoms with Gasteiger partial charge >= 0.3 is 0 Å². The average Bonchev–Trinajstić information content (AvgIpc) is 2.87. The van der Waals surface area contributed by atoms with Crippen LogP contribution in [0.5, 0.6) is 11.5 Å². The Labute approximate surface area is 133 Å². The number of amides is 2. The molecule has 1 unspecified atom stereocenters. The Morgan fingerprint density at radius 2 is 1.91 bits per heavy atom. The van der Waals surface area contributed by atoms with Gasteiger partial charge in [0, 0.05) is 5.56 Å². The van der Waals surface area contributed by atoms with Crippen LogP contribution in [0.3, 0.4) is 0 Å². The maximum atomic E-state index is 13.0. The number of carbonyl (C=O) groups excluding carboxylic acids is 2. The lowest BCUT2D eigenvalue weighted by Gasteiger charge is -2.35. The van der Waals surface area contributed by atoms with Gasteiger partial charge < -0.3 is 14.8 Å². The van der Waals surface area contributed by atoms with Crippen LogP contribution in [0.1, 0.15) is 34.9 Å². The molecule has 2 heterocycles. The zero-order valence-corrected chi connectivity index (χ0v) is 12.9. The van der Waals surface area contributed by atoms with Gasteiger partial charge in [-0.25, -0.2) is 0 Å². The lowest BCUT2D eigenvalue weighted by molar-refractivity contribution is -0.120. The summed E-state index contributed by atoms with van der Waals surface area (Å²) in [6, 6.07) is 3.55. The lowest BCUT2D eigenvalue weighted by atomic mass is 9.98. The Hall–Kier alpha value is -2.76. The smallest absolute Gasteiger partial charge is 0.264 e. The van der Waals surface area contributed by atoms with Crippen molar-refractivity contribution in [3.63, 3.8) is 0 Å². The van der Waals surface area contributed by atoms with E-state index in [0.29, 0.717) is 28.3 Å². The number of fused-ring (bicyclic) bond motifs is 5. The molecule has 4 rings (SSSR count). The zero-order chi connectivity index (χ0) is 16.1. The van der Waals surface area contributed by atoms with Crippen molar-refractivity contribution in [3.8, 4) is 11.5 Å². The van der Waals surface area contributed by atoms with Crippen LogP contribution in [-0.2, 0) is 4.79 Å². The lowest BCUT2D eigenvalue weighted by Crippen LogP contribution is -2.47. The fraction of sp³-hybridized carbons (Fsp3) is 0.294. The summed E-state index contributed by atoms with van der Waals surface area (Å²) in [4.78, 5) is 27.0. The molecule has 3 aliphatic rings. The van der Waals surface area contributed by atoms with E-state index >= 15 is 0 Å². The van der Waals surface area contributed by atoms with Crippen molar-refractivity contribution in [3.05, 3.63) is 46.7 Å². The molecule has 1 fully saturated rings. The molecule has 1 aliphatic carbocycles. The van der Waals surface area contributed by atoms with Crippen LogP contribution in [0.25, 0.3) is 0 Å². The quantitative estimate of drug-likeness (QED) is 0.905. The molecule has 2 amide bonds. The van der Waals surface area contributed by atoms with Gasteiger partial charge in [-0.1, -0.05) is 18.2 Å². The van der Waals surface area contributed by atoms with Gasteiger partial charge in [0.15, 0.2) is 11.5 Å². The molecule has 23 heavy (non-hydrogen) atoms. The maximum Gasteiger partial charge on any atom is 0.264 e. The molecule has 1 atom stereocenters. The third-order valence-electron chi connectivity index (χ3n) is 4.46. The number of allylic oxidation sites excluding steroid dienone is 2. The molecule has 1 N–H and O–H groups in total. The molecule has 1 aromatic carbocycles. The van der Waals surface area contributed by atoms with Crippen LogP contribution >= 0.6 is 0 Å². The van der Waals surface area contributed by atoms with Crippen LogP contribution in [0.15, 0.2) is 35.6 Å². The first-order valence-electron chi connectivity index (χ1n) is 7.47. The molecular weight excluding hydrogens is 296 g/mol. The van der Waals surface area contributed by atoms with Crippen LogP contribution in [0.2, 0.25) is 0 Å². The van der Waals surface area contributed by atoms with Crippen LogP contribution in [0, 0.1) is 0 Å². The van der Waals surface area contributed by atoms with E-state index in [1.165, 1.54) is 14.2 Å². The first kappa shape index (κ1) is 13.9. The van der Waals surface area contributed by atoms with Crippen molar-refractivity contribution in [2.45, 2.75) is 19.0 Å². The van der Waals surface area contributed by atoms with Gasteiger partial charge in [0.25, 0.3) is 11.8 Å². The van der Waals surface area contributed by atoms with E-state index in [4.69, 9.17) is 9.47 Å². The van der Waals surface area contributed by atoms with Crippen LogP contribution < -0.4 is 14.8 Å². The van der Waals surface area contributed by atoms with Crippen molar-refractivity contribution in [2.75, 3.05) is 14.2 Å². The van der Waals surface area contributed by atoms with Crippen LogP contribution in [-0.4, -0.2) is 30.9 Å². The molecule has 118 valence electrons. The van der Waals surface area contributed by atoms with Gasteiger partial charge in [-0.2, -0.15) is 0 Å². The molecule has 0 aromatic heterocycles.